The molecule has 0 unspecified atom stereocenters. The molecule has 0 amide bonds. The molecule has 3 nitrogen and oxygen atoms in total. The van der Waals surface area contributed by atoms with Crippen molar-refractivity contribution in [3.8, 4) is 5.69 Å². The van der Waals surface area contributed by atoms with Gasteiger partial charge in [0.2, 0.25) is 5.95 Å². The number of fused-ring (bicyclic) bond motifs is 1. The Bertz CT molecular complexity index is 827. The van der Waals surface area contributed by atoms with Crippen LogP contribution in [-0.4, -0.2) is 9.55 Å². The van der Waals surface area contributed by atoms with Crippen LogP contribution in [0.4, 0.5) is 14.7 Å². The van der Waals surface area contributed by atoms with Crippen LogP contribution in [0.2, 0.25) is 5.02 Å². The van der Waals surface area contributed by atoms with E-state index in [1.54, 1.807) is 25.1 Å². The van der Waals surface area contributed by atoms with E-state index < -0.39 is 11.6 Å². The average molecular weight is 294 g/mol. The Kier molecular flexibility index (Phi) is 2.87. The SMILES string of the molecule is Cc1c(Cl)cccc1-n1c(N)nc2c(F)cc(F)cc21. The highest BCUT2D eigenvalue weighted by atomic mass is 35.5. The van der Waals surface area contributed by atoms with E-state index in [-0.39, 0.29) is 17.0 Å². The van der Waals surface area contributed by atoms with Crippen LogP contribution in [0.25, 0.3) is 16.7 Å². The van der Waals surface area contributed by atoms with Gasteiger partial charge in [-0.05, 0) is 24.6 Å². The standard InChI is InChI=1S/C14H10ClF2N3/c1-7-9(15)3-2-4-11(7)20-12-6-8(16)5-10(17)13(12)19-14(20)18/h2-6H,1H3,(H2,18,19). The molecule has 20 heavy (non-hydrogen) atoms. The van der Waals surface area contributed by atoms with Crippen molar-refractivity contribution in [1.82, 2.24) is 9.55 Å². The third-order valence-electron chi connectivity index (χ3n) is 3.18. The topological polar surface area (TPSA) is 43.8 Å². The second kappa shape index (κ2) is 4.45. The predicted octanol–water partition coefficient (Wildman–Crippen LogP) is 3.85. The molecule has 0 aliphatic rings. The van der Waals surface area contributed by atoms with E-state index in [9.17, 15) is 8.78 Å². The lowest BCUT2D eigenvalue weighted by Crippen LogP contribution is -2.02. The van der Waals surface area contributed by atoms with Crippen LogP contribution >= 0.6 is 11.6 Å². The molecule has 0 fully saturated rings. The third kappa shape index (κ3) is 1.82. The fourth-order valence-corrected chi connectivity index (χ4v) is 2.38. The van der Waals surface area contributed by atoms with Gasteiger partial charge in [0.1, 0.15) is 11.3 Å². The second-order valence-electron chi connectivity index (χ2n) is 4.44. The first kappa shape index (κ1) is 12.9. The summed E-state index contributed by atoms with van der Waals surface area (Å²) in [4.78, 5) is 3.96. The minimum Gasteiger partial charge on any atom is -0.369 e. The van der Waals surface area contributed by atoms with E-state index >= 15 is 0 Å². The zero-order valence-electron chi connectivity index (χ0n) is 10.5. The van der Waals surface area contributed by atoms with Crippen molar-refractivity contribution in [3.05, 3.63) is 52.6 Å². The minimum atomic E-state index is -0.745. The van der Waals surface area contributed by atoms with Gasteiger partial charge in [0, 0.05) is 17.2 Å². The number of benzene rings is 2. The molecule has 3 aromatic rings. The fraction of sp³-hybridized carbons (Fsp3) is 0.0714. The summed E-state index contributed by atoms with van der Waals surface area (Å²) in [5.41, 5.74) is 7.54. The molecule has 6 heteroatoms. The number of hydrogen-bond donors (Lipinski definition) is 1. The number of hydrogen-bond acceptors (Lipinski definition) is 2. The van der Waals surface area contributed by atoms with Gasteiger partial charge >= 0.3 is 0 Å². The Labute approximate surface area is 118 Å². The van der Waals surface area contributed by atoms with Crippen molar-refractivity contribution in [2.45, 2.75) is 6.92 Å². The Hall–Kier alpha value is -2.14. The fourth-order valence-electron chi connectivity index (χ4n) is 2.21. The minimum absolute atomic E-state index is 0.0308. The summed E-state index contributed by atoms with van der Waals surface area (Å²) in [7, 11) is 0. The van der Waals surface area contributed by atoms with Crippen molar-refractivity contribution >= 4 is 28.6 Å². The van der Waals surface area contributed by atoms with Crippen molar-refractivity contribution in [2.75, 3.05) is 5.73 Å². The number of imidazole rings is 1. The second-order valence-corrected chi connectivity index (χ2v) is 4.85. The normalized spacial score (nSPS) is 11.2. The van der Waals surface area contributed by atoms with Gasteiger partial charge in [0.25, 0.3) is 0 Å². The maximum Gasteiger partial charge on any atom is 0.206 e. The molecule has 102 valence electrons. The average Bonchev–Trinajstić information content (AvgIpc) is 2.70. The highest BCUT2D eigenvalue weighted by Crippen LogP contribution is 2.29. The molecule has 0 aliphatic carbocycles. The molecule has 0 aliphatic heterocycles. The highest BCUT2D eigenvalue weighted by Gasteiger charge is 2.16. The van der Waals surface area contributed by atoms with Crippen molar-refractivity contribution in [2.24, 2.45) is 0 Å². The number of anilines is 1. The summed E-state index contributed by atoms with van der Waals surface area (Å²) in [6.07, 6.45) is 0. The van der Waals surface area contributed by atoms with Gasteiger partial charge in [-0.1, -0.05) is 17.7 Å². The lowest BCUT2D eigenvalue weighted by atomic mass is 10.2. The van der Waals surface area contributed by atoms with Gasteiger partial charge in [-0.15, -0.1) is 0 Å². The predicted molar refractivity (Wildman–Crippen MR) is 75.1 cm³/mol. The molecular weight excluding hydrogens is 284 g/mol. The Morgan fingerprint density at radius 3 is 2.75 bits per heavy atom. The van der Waals surface area contributed by atoms with E-state index in [0.29, 0.717) is 10.7 Å². The van der Waals surface area contributed by atoms with Gasteiger partial charge in [-0.3, -0.25) is 4.57 Å². The zero-order valence-corrected chi connectivity index (χ0v) is 11.2. The first-order chi connectivity index (χ1) is 9.49. The van der Waals surface area contributed by atoms with Crippen LogP contribution in [0.1, 0.15) is 5.56 Å². The lowest BCUT2D eigenvalue weighted by Gasteiger charge is -2.11. The van der Waals surface area contributed by atoms with E-state index in [1.165, 1.54) is 10.6 Å². The van der Waals surface area contributed by atoms with Crippen molar-refractivity contribution in [1.29, 1.82) is 0 Å². The number of nitrogens with two attached hydrogens (primary N) is 1. The zero-order chi connectivity index (χ0) is 14.4. The van der Waals surface area contributed by atoms with E-state index in [1.807, 2.05) is 0 Å². The monoisotopic (exact) mass is 293 g/mol. The maximum atomic E-state index is 13.7. The van der Waals surface area contributed by atoms with Gasteiger partial charge in [-0.2, -0.15) is 0 Å². The summed E-state index contributed by atoms with van der Waals surface area (Å²) in [6.45, 7) is 1.80. The quantitative estimate of drug-likeness (QED) is 0.740. The van der Waals surface area contributed by atoms with Crippen molar-refractivity contribution < 1.29 is 8.78 Å². The molecule has 2 N–H and O–H groups in total. The summed E-state index contributed by atoms with van der Waals surface area (Å²) in [5.74, 6) is -1.35. The smallest absolute Gasteiger partial charge is 0.206 e. The molecule has 1 aromatic heterocycles. The molecular formula is C14H10ClF2N3. The Balaban J connectivity index is 2.42. The van der Waals surface area contributed by atoms with Crippen LogP contribution in [0.3, 0.4) is 0 Å². The van der Waals surface area contributed by atoms with Crippen LogP contribution < -0.4 is 5.73 Å². The highest BCUT2D eigenvalue weighted by molar-refractivity contribution is 6.31. The van der Waals surface area contributed by atoms with Crippen LogP contribution in [0.5, 0.6) is 0 Å². The van der Waals surface area contributed by atoms with Gasteiger partial charge in [0.15, 0.2) is 5.82 Å². The molecule has 0 atom stereocenters. The summed E-state index contributed by atoms with van der Waals surface area (Å²) < 4.78 is 28.7. The first-order valence-electron chi connectivity index (χ1n) is 5.87. The third-order valence-corrected chi connectivity index (χ3v) is 3.59. The maximum absolute atomic E-state index is 13.7. The van der Waals surface area contributed by atoms with E-state index in [2.05, 4.69) is 4.98 Å². The molecule has 0 spiro atoms. The van der Waals surface area contributed by atoms with Crippen molar-refractivity contribution in [3.63, 3.8) is 0 Å². The molecule has 1 heterocycles. The first-order valence-corrected chi connectivity index (χ1v) is 6.25. The number of nitrogen functional groups attached to an aromatic ring is 1. The summed E-state index contributed by atoms with van der Waals surface area (Å²) in [5, 5.41) is 0.542. The van der Waals surface area contributed by atoms with E-state index in [0.717, 1.165) is 11.6 Å². The molecule has 0 saturated carbocycles. The van der Waals surface area contributed by atoms with Crippen LogP contribution in [0, 0.1) is 18.6 Å². The number of halogens is 3. The number of nitrogens with zero attached hydrogens (tertiary/aromatic N) is 2. The number of aromatic nitrogens is 2. The molecule has 3 rings (SSSR count). The van der Waals surface area contributed by atoms with Crippen LogP contribution in [-0.2, 0) is 0 Å². The Morgan fingerprint density at radius 2 is 2.00 bits per heavy atom. The largest absolute Gasteiger partial charge is 0.369 e. The van der Waals surface area contributed by atoms with E-state index in [4.69, 9.17) is 17.3 Å². The van der Waals surface area contributed by atoms with Crippen LogP contribution in [0.15, 0.2) is 30.3 Å². The molecule has 2 aromatic carbocycles. The Morgan fingerprint density at radius 1 is 1.25 bits per heavy atom. The number of rotatable bonds is 1. The van der Waals surface area contributed by atoms with Gasteiger partial charge in [0.05, 0.1) is 11.2 Å². The molecule has 0 saturated heterocycles. The van der Waals surface area contributed by atoms with Gasteiger partial charge in [-0.25, -0.2) is 13.8 Å². The molecule has 0 radical (unpaired) electrons. The summed E-state index contributed by atoms with van der Waals surface area (Å²) >= 11 is 6.07. The van der Waals surface area contributed by atoms with Gasteiger partial charge < -0.3 is 5.73 Å². The molecule has 0 bridgehead atoms. The lowest BCUT2D eigenvalue weighted by molar-refractivity contribution is 0.590. The summed E-state index contributed by atoms with van der Waals surface area (Å²) in [6, 6.07) is 7.22.